The molecule has 112 valence electrons. The molecule has 3 rings (SSSR count). The highest BCUT2D eigenvalue weighted by molar-refractivity contribution is 7.13. The first-order valence-electron chi connectivity index (χ1n) is 6.63. The fraction of sp³-hybridized carbons (Fsp3) is 0.143. The second kappa shape index (κ2) is 6.46. The van der Waals surface area contributed by atoms with Crippen molar-refractivity contribution in [2.24, 2.45) is 0 Å². The zero-order valence-electron chi connectivity index (χ0n) is 11.9. The van der Waals surface area contributed by atoms with E-state index in [1.165, 1.54) is 0 Å². The van der Waals surface area contributed by atoms with Crippen LogP contribution in [-0.4, -0.2) is 39.2 Å². The third-order valence-corrected chi connectivity index (χ3v) is 3.66. The number of nitrogens with zero attached hydrogens (tertiary/aromatic N) is 4. The van der Waals surface area contributed by atoms with E-state index in [2.05, 4.69) is 25.7 Å². The third kappa shape index (κ3) is 3.18. The van der Waals surface area contributed by atoms with Crippen molar-refractivity contribution in [3.63, 3.8) is 0 Å². The van der Waals surface area contributed by atoms with Crippen molar-refractivity contribution in [3.8, 4) is 16.5 Å². The van der Waals surface area contributed by atoms with Gasteiger partial charge in [-0.2, -0.15) is 5.10 Å². The molecule has 0 saturated heterocycles. The molecular weight excluding hydrogens is 300 g/mol. The summed E-state index contributed by atoms with van der Waals surface area (Å²) in [6.07, 6.45) is 3.46. The number of thiophene rings is 1. The zero-order chi connectivity index (χ0) is 15.4. The minimum absolute atomic E-state index is 0.162. The van der Waals surface area contributed by atoms with Crippen molar-refractivity contribution in [1.29, 1.82) is 0 Å². The molecule has 0 saturated carbocycles. The summed E-state index contributed by atoms with van der Waals surface area (Å²) in [6, 6.07) is 7.37. The Labute approximate surface area is 131 Å². The van der Waals surface area contributed by atoms with E-state index in [1.807, 2.05) is 23.6 Å². The van der Waals surface area contributed by atoms with Gasteiger partial charge in [-0.1, -0.05) is 6.07 Å². The summed E-state index contributed by atoms with van der Waals surface area (Å²) in [5, 5.41) is 11.7. The Morgan fingerprint density at radius 1 is 1.36 bits per heavy atom. The monoisotopic (exact) mass is 314 g/mol. The number of aromatic nitrogens is 4. The molecule has 0 bridgehead atoms. The molecule has 0 unspecified atom stereocenters. The molecule has 3 heterocycles. The van der Waals surface area contributed by atoms with Crippen molar-refractivity contribution in [1.82, 2.24) is 25.1 Å². The van der Waals surface area contributed by atoms with E-state index in [9.17, 15) is 4.79 Å². The lowest BCUT2D eigenvalue weighted by Gasteiger charge is -2.08. The summed E-state index contributed by atoms with van der Waals surface area (Å²) in [5.41, 5.74) is 0. The van der Waals surface area contributed by atoms with Crippen LogP contribution in [0.5, 0.6) is 0 Å². The summed E-state index contributed by atoms with van der Waals surface area (Å²) < 4.78 is 1.63. The minimum atomic E-state index is -0.162. The molecule has 1 amide bonds. The lowest BCUT2D eigenvalue weighted by molar-refractivity contribution is -0.115. The second-order valence-electron chi connectivity index (χ2n) is 4.44. The molecule has 0 aliphatic carbocycles. The number of nitrogens with one attached hydrogen (secondary N) is 2. The van der Waals surface area contributed by atoms with E-state index < -0.39 is 0 Å². The van der Waals surface area contributed by atoms with Gasteiger partial charge in [0.15, 0.2) is 11.6 Å². The van der Waals surface area contributed by atoms with Crippen LogP contribution in [0.25, 0.3) is 16.5 Å². The van der Waals surface area contributed by atoms with Crippen LogP contribution in [-0.2, 0) is 4.79 Å². The summed E-state index contributed by atoms with van der Waals surface area (Å²) in [7, 11) is 1.71. The van der Waals surface area contributed by atoms with Crippen LogP contribution in [0.1, 0.15) is 0 Å². The molecule has 0 aromatic carbocycles. The zero-order valence-corrected chi connectivity index (χ0v) is 12.7. The molecule has 3 aromatic heterocycles. The highest BCUT2D eigenvalue weighted by Crippen LogP contribution is 2.23. The maximum Gasteiger partial charge on any atom is 0.239 e. The van der Waals surface area contributed by atoms with Crippen LogP contribution >= 0.6 is 11.3 Å². The number of likely N-dealkylation sites (N-methyl/N-ethyl adjacent to an activating group) is 1. The lowest BCUT2D eigenvalue weighted by Crippen LogP contribution is -2.25. The summed E-state index contributed by atoms with van der Waals surface area (Å²) >= 11 is 1.54. The van der Waals surface area contributed by atoms with Gasteiger partial charge >= 0.3 is 0 Å². The SMILES string of the molecule is CNCC(=O)Nc1cc(-n2cccn2)nc(-c2cccs2)n1. The average molecular weight is 314 g/mol. The van der Waals surface area contributed by atoms with Gasteiger partial charge in [-0.05, 0) is 24.6 Å². The number of hydrogen-bond donors (Lipinski definition) is 2. The van der Waals surface area contributed by atoms with Crippen LogP contribution < -0.4 is 10.6 Å². The van der Waals surface area contributed by atoms with Crippen molar-refractivity contribution in [2.45, 2.75) is 0 Å². The third-order valence-electron chi connectivity index (χ3n) is 2.80. The second-order valence-corrected chi connectivity index (χ2v) is 5.39. The quantitative estimate of drug-likeness (QED) is 0.746. The van der Waals surface area contributed by atoms with Crippen molar-refractivity contribution < 1.29 is 4.79 Å². The molecule has 0 aliphatic rings. The highest BCUT2D eigenvalue weighted by atomic mass is 32.1. The van der Waals surface area contributed by atoms with Gasteiger partial charge in [-0.15, -0.1) is 11.3 Å². The first-order chi connectivity index (χ1) is 10.8. The standard InChI is InChI=1S/C14H14N6OS/c1-15-9-13(21)17-11-8-12(20-6-3-5-16-20)19-14(18-11)10-4-2-7-22-10/h2-8,15H,9H2,1H3,(H,17,18,19,21). The molecule has 22 heavy (non-hydrogen) atoms. The van der Waals surface area contributed by atoms with E-state index in [1.54, 1.807) is 41.5 Å². The Morgan fingerprint density at radius 3 is 2.95 bits per heavy atom. The number of carbonyl (C=O) groups is 1. The van der Waals surface area contributed by atoms with E-state index >= 15 is 0 Å². The van der Waals surface area contributed by atoms with Gasteiger partial charge in [-0.25, -0.2) is 14.6 Å². The molecule has 0 fully saturated rings. The van der Waals surface area contributed by atoms with Gasteiger partial charge in [-0.3, -0.25) is 4.79 Å². The molecule has 3 aromatic rings. The fourth-order valence-corrected chi connectivity index (χ4v) is 2.54. The van der Waals surface area contributed by atoms with E-state index in [0.717, 1.165) is 4.88 Å². The van der Waals surface area contributed by atoms with Crippen molar-refractivity contribution in [3.05, 3.63) is 42.0 Å². The number of hydrogen-bond acceptors (Lipinski definition) is 6. The van der Waals surface area contributed by atoms with Crippen LogP contribution in [0.4, 0.5) is 5.82 Å². The maximum atomic E-state index is 11.8. The maximum absolute atomic E-state index is 11.8. The Hall–Kier alpha value is -2.58. The first kappa shape index (κ1) is 14.4. The molecule has 7 nitrogen and oxygen atoms in total. The van der Waals surface area contributed by atoms with Gasteiger partial charge in [0.25, 0.3) is 0 Å². The van der Waals surface area contributed by atoms with Gasteiger partial charge in [0.05, 0.1) is 11.4 Å². The van der Waals surface area contributed by atoms with E-state index in [4.69, 9.17) is 0 Å². The Bertz CT molecular complexity index is 701. The fourth-order valence-electron chi connectivity index (χ4n) is 1.88. The van der Waals surface area contributed by atoms with Crippen LogP contribution in [0.2, 0.25) is 0 Å². The van der Waals surface area contributed by atoms with Gasteiger partial charge in [0, 0.05) is 18.5 Å². The van der Waals surface area contributed by atoms with Crippen molar-refractivity contribution in [2.75, 3.05) is 18.9 Å². The molecule has 0 atom stereocenters. The number of amides is 1. The Balaban J connectivity index is 2.00. The van der Waals surface area contributed by atoms with Crippen molar-refractivity contribution >= 4 is 23.1 Å². The summed E-state index contributed by atoms with van der Waals surface area (Å²) in [6.45, 7) is 0.218. The molecular formula is C14H14N6OS. The Kier molecular flexibility index (Phi) is 4.22. The largest absolute Gasteiger partial charge is 0.311 e. The van der Waals surface area contributed by atoms with Crippen LogP contribution in [0.3, 0.4) is 0 Å². The lowest BCUT2D eigenvalue weighted by atomic mass is 10.4. The molecule has 8 heteroatoms. The predicted octanol–water partition coefficient (Wildman–Crippen LogP) is 1.55. The molecule has 0 radical (unpaired) electrons. The normalized spacial score (nSPS) is 10.6. The Morgan fingerprint density at radius 2 is 2.27 bits per heavy atom. The number of rotatable bonds is 5. The van der Waals surface area contributed by atoms with Gasteiger partial charge in [0.1, 0.15) is 5.82 Å². The molecule has 2 N–H and O–H groups in total. The van der Waals surface area contributed by atoms with Crippen LogP contribution in [0.15, 0.2) is 42.0 Å². The first-order valence-corrected chi connectivity index (χ1v) is 7.51. The smallest absolute Gasteiger partial charge is 0.239 e. The van der Waals surface area contributed by atoms with E-state index in [-0.39, 0.29) is 12.5 Å². The van der Waals surface area contributed by atoms with Gasteiger partial charge in [0.2, 0.25) is 5.91 Å². The highest BCUT2D eigenvalue weighted by Gasteiger charge is 2.11. The van der Waals surface area contributed by atoms with Crippen LogP contribution in [0, 0.1) is 0 Å². The minimum Gasteiger partial charge on any atom is -0.311 e. The number of carbonyl (C=O) groups excluding carboxylic acids is 1. The molecule has 0 aliphatic heterocycles. The number of anilines is 1. The summed E-state index contributed by atoms with van der Waals surface area (Å²) in [5.74, 6) is 1.44. The van der Waals surface area contributed by atoms with E-state index in [0.29, 0.717) is 17.5 Å². The average Bonchev–Trinajstić information content (AvgIpc) is 3.21. The molecule has 0 spiro atoms. The summed E-state index contributed by atoms with van der Waals surface area (Å²) in [4.78, 5) is 21.6. The predicted molar refractivity (Wildman–Crippen MR) is 85.0 cm³/mol. The topological polar surface area (TPSA) is 84.7 Å². The van der Waals surface area contributed by atoms with Gasteiger partial charge < -0.3 is 10.6 Å².